The van der Waals surface area contributed by atoms with Crippen molar-refractivity contribution < 1.29 is 61.3 Å². The van der Waals surface area contributed by atoms with Crippen LogP contribution in [-0.4, -0.2) is 24.0 Å². The standard InChI is InChI=1S/C8H15NO2.K/c1-4-9(5-2)6-7(3)8(10)11;/h6H,4-5H2,1-3H3,(H,10,11);/q;+1/p-1. The molecule has 0 bridgehead atoms. The third-order valence-electron chi connectivity index (χ3n) is 1.51. The van der Waals surface area contributed by atoms with Crippen LogP contribution >= 0.6 is 0 Å². The van der Waals surface area contributed by atoms with Gasteiger partial charge in [-0.15, -0.1) is 0 Å². The monoisotopic (exact) mass is 195 g/mol. The molecule has 64 valence electrons. The van der Waals surface area contributed by atoms with Crippen molar-refractivity contribution in [2.45, 2.75) is 20.8 Å². The summed E-state index contributed by atoms with van der Waals surface area (Å²) < 4.78 is 0. The zero-order valence-electron chi connectivity index (χ0n) is 8.26. The van der Waals surface area contributed by atoms with Crippen molar-refractivity contribution >= 4 is 5.97 Å². The van der Waals surface area contributed by atoms with Crippen molar-refractivity contribution in [3.05, 3.63) is 11.8 Å². The predicted molar refractivity (Wildman–Crippen MR) is 41.7 cm³/mol. The number of hydrogen-bond acceptors (Lipinski definition) is 3. The summed E-state index contributed by atoms with van der Waals surface area (Å²) in [7, 11) is 0. The quantitative estimate of drug-likeness (QED) is 0.354. The molecule has 3 nitrogen and oxygen atoms in total. The Bertz CT molecular complexity index is 164. The topological polar surface area (TPSA) is 43.4 Å². The van der Waals surface area contributed by atoms with E-state index in [0.717, 1.165) is 13.1 Å². The fourth-order valence-electron chi connectivity index (χ4n) is 0.733. The van der Waals surface area contributed by atoms with Gasteiger partial charge in [-0.05, 0) is 26.3 Å². The van der Waals surface area contributed by atoms with Gasteiger partial charge < -0.3 is 14.8 Å². The molecule has 0 rings (SSSR count). The molecule has 0 saturated carbocycles. The Labute approximate surface area is 116 Å². The van der Waals surface area contributed by atoms with Gasteiger partial charge in [0.1, 0.15) is 0 Å². The van der Waals surface area contributed by atoms with E-state index in [0.29, 0.717) is 0 Å². The fraction of sp³-hybridized carbons (Fsp3) is 0.625. The molecule has 4 heteroatoms. The summed E-state index contributed by atoms with van der Waals surface area (Å²) >= 11 is 0. The van der Waals surface area contributed by atoms with Crippen LogP contribution in [-0.2, 0) is 4.79 Å². The Morgan fingerprint density at radius 3 is 2.08 bits per heavy atom. The van der Waals surface area contributed by atoms with E-state index in [2.05, 4.69) is 0 Å². The molecule has 0 aliphatic carbocycles. The van der Waals surface area contributed by atoms with Crippen LogP contribution < -0.4 is 56.5 Å². The van der Waals surface area contributed by atoms with Gasteiger partial charge >= 0.3 is 51.4 Å². The Morgan fingerprint density at radius 2 is 1.83 bits per heavy atom. The largest absolute Gasteiger partial charge is 1.00 e. The molecule has 0 fully saturated rings. The smallest absolute Gasteiger partial charge is 0.545 e. The van der Waals surface area contributed by atoms with Gasteiger partial charge in [0.25, 0.3) is 0 Å². The number of carbonyl (C=O) groups excluding carboxylic acids is 1. The van der Waals surface area contributed by atoms with E-state index in [-0.39, 0.29) is 57.0 Å². The van der Waals surface area contributed by atoms with Gasteiger partial charge in [0.15, 0.2) is 0 Å². The van der Waals surface area contributed by atoms with Gasteiger partial charge in [0.05, 0.1) is 5.97 Å². The van der Waals surface area contributed by atoms with Crippen LogP contribution in [0.25, 0.3) is 0 Å². The van der Waals surface area contributed by atoms with Crippen molar-refractivity contribution in [2.75, 3.05) is 13.1 Å². The Morgan fingerprint density at radius 1 is 1.42 bits per heavy atom. The molecular weight excluding hydrogens is 181 g/mol. The first kappa shape index (κ1) is 15.1. The zero-order chi connectivity index (χ0) is 8.85. The molecule has 0 aromatic carbocycles. The number of carboxylic acids is 1. The van der Waals surface area contributed by atoms with Crippen LogP contribution in [0.15, 0.2) is 11.8 Å². The van der Waals surface area contributed by atoms with Crippen molar-refractivity contribution in [2.24, 2.45) is 0 Å². The SMILES string of the molecule is CCN(C=C(C)C(=O)[O-])CC.[K+]. The maximum atomic E-state index is 10.3. The number of carboxylic acid groups (broad SMARTS) is 1. The second-order valence-corrected chi connectivity index (χ2v) is 2.32. The molecular formula is C8H14KNO2. The molecule has 0 aromatic rings. The fourth-order valence-corrected chi connectivity index (χ4v) is 0.733. The number of hydrogen-bond donors (Lipinski definition) is 0. The summed E-state index contributed by atoms with van der Waals surface area (Å²) in [6.45, 7) is 7.13. The molecule has 0 unspecified atom stereocenters. The summed E-state index contributed by atoms with van der Waals surface area (Å²) in [5, 5.41) is 10.3. The van der Waals surface area contributed by atoms with Gasteiger partial charge in [0.2, 0.25) is 0 Å². The maximum Gasteiger partial charge on any atom is 1.00 e. The van der Waals surface area contributed by atoms with E-state index in [1.807, 2.05) is 18.7 Å². The summed E-state index contributed by atoms with van der Waals surface area (Å²) in [6, 6.07) is 0. The zero-order valence-corrected chi connectivity index (χ0v) is 11.4. The van der Waals surface area contributed by atoms with Crippen LogP contribution in [0.1, 0.15) is 20.8 Å². The van der Waals surface area contributed by atoms with Gasteiger partial charge in [-0.2, -0.15) is 0 Å². The second-order valence-electron chi connectivity index (χ2n) is 2.32. The molecule has 0 saturated heterocycles. The molecule has 0 aliphatic heterocycles. The first-order chi connectivity index (χ1) is 5.11. The van der Waals surface area contributed by atoms with Gasteiger partial charge in [-0.25, -0.2) is 0 Å². The van der Waals surface area contributed by atoms with Crippen molar-refractivity contribution in [1.82, 2.24) is 4.90 Å². The molecule has 0 N–H and O–H groups in total. The molecule has 0 spiro atoms. The Kier molecular flexibility index (Phi) is 10.4. The maximum absolute atomic E-state index is 10.3. The Balaban J connectivity index is 0. The minimum absolute atomic E-state index is 0. The number of rotatable bonds is 4. The summed E-state index contributed by atoms with van der Waals surface area (Å²) in [5.41, 5.74) is 0.272. The van der Waals surface area contributed by atoms with Gasteiger partial charge in [-0.3, -0.25) is 0 Å². The first-order valence-corrected chi connectivity index (χ1v) is 3.75. The number of aliphatic carboxylic acids is 1. The van der Waals surface area contributed by atoms with Crippen LogP contribution in [0.4, 0.5) is 0 Å². The van der Waals surface area contributed by atoms with E-state index >= 15 is 0 Å². The van der Waals surface area contributed by atoms with Crippen LogP contribution in [0, 0.1) is 0 Å². The van der Waals surface area contributed by atoms with E-state index < -0.39 is 5.97 Å². The molecule has 0 amide bonds. The Hall–Kier alpha value is 0.646. The molecule has 0 aliphatic rings. The third-order valence-corrected chi connectivity index (χ3v) is 1.51. The minimum Gasteiger partial charge on any atom is -0.545 e. The van der Waals surface area contributed by atoms with Crippen molar-refractivity contribution in [3.63, 3.8) is 0 Å². The van der Waals surface area contributed by atoms with E-state index in [1.165, 1.54) is 6.92 Å². The first-order valence-electron chi connectivity index (χ1n) is 3.75. The molecule has 12 heavy (non-hydrogen) atoms. The van der Waals surface area contributed by atoms with E-state index in [1.54, 1.807) is 6.20 Å². The van der Waals surface area contributed by atoms with Crippen LogP contribution in [0.5, 0.6) is 0 Å². The second kappa shape index (κ2) is 8.25. The summed E-state index contributed by atoms with van der Waals surface area (Å²) in [6.07, 6.45) is 1.61. The molecule has 0 atom stereocenters. The number of carbonyl (C=O) groups is 1. The van der Waals surface area contributed by atoms with Crippen molar-refractivity contribution in [1.29, 1.82) is 0 Å². The molecule has 0 heterocycles. The summed E-state index contributed by atoms with van der Waals surface area (Å²) in [5.74, 6) is -1.10. The molecule has 0 aromatic heterocycles. The van der Waals surface area contributed by atoms with Crippen LogP contribution in [0.2, 0.25) is 0 Å². The van der Waals surface area contributed by atoms with Crippen LogP contribution in [0.3, 0.4) is 0 Å². The predicted octanol–water partition coefficient (Wildman–Crippen LogP) is -3.01. The molecule has 0 radical (unpaired) electrons. The van der Waals surface area contributed by atoms with Gasteiger partial charge in [-0.1, -0.05) is 0 Å². The van der Waals surface area contributed by atoms with Gasteiger partial charge in [0, 0.05) is 19.3 Å². The average molecular weight is 195 g/mol. The minimum atomic E-state index is -1.10. The van der Waals surface area contributed by atoms with E-state index in [9.17, 15) is 9.90 Å². The normalized spacial score (nSPS) is 10.4. The average Bonchev–Trinajstić information content (AvgIpc) is 1.99. The third kappa shape index (κ3) is 6.19. The van der Waals surface area contributed by atoms with E-state index in [4.69, 9.17) is 0 Å². The summed E-state index contributed by atoms with van der Waals surface area (Å²) in [4.78, 5) is 12.2. The van der Waals surface area contributed by atoms with Crippen molar-refractivity contribution in [3.8, 4) is 0 Å². The number of nitrogens with zero attached hydrogens (tertiary/aromatic N) is 1.